The number of rotatable bonds is 5. The smallest absolute Gasteiger partial charge is 0.0575 e. The second-order valence-electron chi connectivity index (χ2n) is 7.30. The van der Waals surface area contributed by atoms with Crippen LogP contribution in [0.5, 0.6) is 0 Å². The maximum Gasteiger partial charge on any atom is 0.0575 e. The van der Waals surface area contributed by atoms with Crippen LogP contribution < -0.4 is 0 Å². The zero-order valence-corrected chi connectivity index (χ0v) is 13.1. The second kappa shape index (κ2) is 5.73. The Morgan fingerprint density at radius 1 is 1.14 bits per heavy atom. The zero-order valence-electron chi connectivity index (χ0n) is 13.1. The Labute approximate surface area is 128 Å². The van der Waals surface area contributed by atoms with Crippen LogP contribution in [-0.4, -0.2) is 30.2 Å². The molecule has 3 aliphatic rings. The standard InChI is InChI=1S/C19H27NO/c1-14-19-17(18(19)13-21-16-9-5-6-10-16)12-20(14)11-15-7-3-2-4-8-15/h2-4,7-8,14,16-19H,5-6,9-13H2,1H3. The molecule has 0 amide bonds. The molecule has 1 aromatic rings. The Hall–Kier alpha value is -0.860. The van der Waals surface area contributed by atoms with Crippen LogP contribution in [0.1, 0.15) is 38.2 Å². The number of ether oxygens (including phenoxy) is 1. The molecule has 2 nitrogen and oxygen atoms in total. The third kappa shape index (κ3) is 2.76. The van der Waals surface area contributed by atoms with E-state index in [1.54, 1.807) is 0 Å². The van der Waals surface area contributed by atoms with Gasteiger partial charge >= 0.3 is 0 Å². The van der Waals surface area contributed by atoms with Gasteiger partial charge in [0.05, 0.1) is 12.7 Å². The summed E-state index contributed by atoms with van der Waals surface area (Å²) in [6.45, 7) is 5.84. The average molecular weight is 285 g/mol. The molecule has 2 saturated carbocycles. The molecule has 114 valence electrons. The zero-order chi connectivity index (χ0) is 14.2. The van der Waals surface area contributed by atoms with E-state index >= 15 is 0 Å². The van der Waals surface area contributed by atoms with Gasteiger partial charge in [0.15, 0.2) is 0 Å². The first kappa shape index (κ1) is 13.8. The number of nitrogens with zero attached hydrogens (tertiary/aromatic N) is 1. The molecule has 0 spiro atoms. The Morgan fingerprint density at radius 2 is 1.90 bits per heavy atom. The van der Waals surface area contributed by atoms with E-state index in [9.17, 15) is 0 Å². The summed E-state index contributed by atoms with van der Waals surface area (Å²) in [5.41, 5.74) is 1.45. The van der Waals surface area contributed by atoms with Crippen LogP contribution in [-0.2, 0) is 11.3 Å². The fraction of sp³-hybridized carbons (Fsp3) is 0.684. The SMILES string of the molecule is CC1C2C(COC3CCCC3)C2CN1Cc1ccccc1. The third-order valence-electron chi connectivity index (χ3n) is 6.03. The van der Waals surface area contributed by atoms with Crippen molar-refractivity contribution in [3.63, 3.8) is 0 Å². The lowest BCUT2D eigenvalue weighted by atomic mass is 10.1. The molecule has 0 N–H and O–H groups in total. The van der Waals surface area contributed by atoms with Crippen molar-refractivity contribution in [3.05, 3.63) is 35.9 Å². The van der Waals surface area contributed by atoms with Gasteiger partial charge in [0.25, 0.3) is 0 Å². The van der Waals surface area contributed by atoms with Crippen LogP contribution in [0.25, 0.3) is 0 Å². The number of fused-ring (bicyclic) bond motifs is 1. The van der Waals surface area contributed by atoms with Crippen molar-refractivity contribution in [1.82, 2.24) is 4.90 Å². The van der Waals surface area contributed by atoms with E-state index in [4.69, 9.17) is 4.74 Å². The molecular weight excluding hydrogens is 258 g/mol. The molecule has 4 unspecified atom stereocenters. The Kier molecular flexibility index (Phi) is 3.76. The fourth-order valence-electron chi connectivity index (χ4n) is 4.69. The van der Waals surface area contributed by atoms with Gasteiger partial charge in [-0.15, -0.1) is 0 Å². The lowest BCUT2D eigenvalue weighted by Crippen LogP contribution is -2.32. The summed E-state index contributed by atoms with van der Waals surface area (Å²) in [7, 11) is 0. The van der Waals surface area contributed by atoms with Crippen molar-refractivity contribution in [2.45, 2.75) is 51.3 Å². The molecule has 1 aliphatic heterocycles. The minimum atomic E-state index is 0.585. The van der Waals surface area contributed by atoms with Gasteiger partial charge in [-0.3, -0.25) is 4.90 Å². The van der Waals surface area contributed by atoms with Gasteiger partial charge in [-0.2, -0.15) is 0 Å². The van der Waals surface area contributed by atoms with E-state index in [-0.39, 0.29) is 0 Å². The lowest BCUT2D eigenvalue weighted by molar-refractivity contribution is 0.0390. The van der Waals surface area contributed by atoms with Gasteiger partial charge in [-0.1, -0.05) is 43.2 Å². The molecule has 4 rings (SSSR count). The highest BCUT2D eigenvalue weighted by Crippen LogP contribution is 2.55. The van der Waals surface area contributed by atoms with Gasteiger partial charge in [-0.25, -0.2) is 0 Å². The first-order valence-electron chi connectivity index (χ1n) is 8.72. The molecule has 2 aliphatic carbocycles. The first-order valence-corrected chi connectivity index (χ1v) is 8.72. The van der Waals surface area contributed by atoms with Crippen molar-refractivity contribution in [2.75, 3.05) is 13.2 Å². The summed E-state index contributed by atoms with van der Waals surface area (Å²) in [6.07, 6.45) is 5.95. The number of hydrogen-bond donors (Lipinski definition) is 0. The molecular formula is C19H27NO. The number of hydrogen-bond acceptors (Lipinski definition) is 2. The molecule has 4 atom stereocenters. The van der Waals surface area contributed by atoms with Crippen molar-refractivity contribution in [1.29, 1.82) is 0 Å². The van der Waals surface area contributed by atoms with Crippen molar-refractivity contribution in [2.24, 2.45) is 17.8 Å². The van der Waals surface area contributed by atoms with Gasteiger partial charge in [0, 0.05) is 19.1 Å². The van der Waals surface area contributed by atoms with E-state index in [0.717, 1.165) is 36.9 Å². The van der Waals surface area contributed by atoms with E-state index in [1.807, 2.05) is 0 Å². The molecule has 3 fully saturated rings. The van der Waals surface area contributed by atoms with Crippen LogP contribution in [0.2, 0.25) is 0 Å². The molecule has 1 aromatic carbocycles. The summed E-state index contributed by atoms with van der Waals surface area (Å²) in [6, 6.07) is 11.6. The predicted octanol–water partition coefficient (Wildman–Crippen LogP) is 3.71. The molecule has 0 bridgehead atoms. The van der Waals surface area contributed by atoms with E-state index in [2.05, 4.69) is 42.2 Å². The van der Waals surface area contributed by atoms with Crippen LogP contribution in [0, 0.1) is 17.8 Å². The van der Waals surface area contributed by atoms with Gasteiger partial charge in [-0.05, 0) is 43.1 Å². The van der Waals surface area contributed by atoms with Crippen molar-refractivity contribution >= 4 is 0 Å². The van der Waals surface area contributed by atoms with Crippen LogP contribution in [0.4, 0.5) is 0 Å². The maximum atomic E-state index is 6.15. The quantitative estimate of drug-likeness (QED) is 0.817. The van der Waals surface area contributed by atoms with Crippen LogP contribution in [0.15, 0.2) is 30.3 Å². The van der Waals surface area contributed by atoms with Crippen LogP contribution in [0.3, 0.4) is 0 Å². The van der Waals surface area contributed by atoms with Crippen molar-refractivity contribution < 1.29 is 4.74 Å². The first-order chi connectivity index (χ1) is 10.3. The van der Waals surface area contributed by atoms with Gasteiger partial charge in [0.1, 0.15) is 0 Å². The van der Waals surface area contributed by atoms with E-state index in [0.29, 0.717) is 6.10 Å². The minimum Gasteiger partial charge on any atom is -0.378 e. The summed E-state index contributed by atoms with van der Waals surface area (Å²) < 4.78 is 6.15. The maximum absolute atomic E-state index is 6.15. The number of likely N-dealkylation sites (tertiary alicyclic amines) is 1. The Bertz CT molecular complexity index is 468. The molecule has 21 heavy (non-hydrogen) atoms. The highest BCUT2D eigenvalue weighted by atomic mass is 16.5. The largest absolute Gasteiger partial charge is 0.378 e. The molecule has 0 aromatic heterocycles. The Morgan fingerprint density at radius 3 is 2.57 bits per heavy atom. The molecule has 1 saturated heterocycles. The highest BCUT2D eigenvalue weighted by Gasteiger charge is 2.59. The number of benzene rings is 1. The normalized spacial score (nSPS) is 36.0. The van der Waals surface area contributed by atoms with E-state index in [1.165, 1.54) is 37.8 Å². The third-order valence-corrected chi connectivity index (χ3v) is 6.03. The molecule has 0 radical (unpaired) electrons. The topological polar surface area (TPSA) is 12.5 Å². The summed E-state index contributed by atoms with van der Waals surface area (Å²) in [5, 5.41) is 0. The summed E-state index contributed by atoms with van der Waals surface area (Å²) in [4.78, 5) is 2.66. The second-order valence-corrected chi connectivity index (χ2v) is 7.30. The van der Waals surface area contributed by atoms with Gasteiger partial charge in [0.2, 0.25) is 0 Å². The summed E-state index contributed by atoms with van der Waals surface area (Å²) in [5.74, 6) is 2.66. The highest BCUT2D eigenvalue weighted by molar-refractivity contribution is 5.17. The Balaban J connectivity index is 1.26. The fourth-order valence-corrected chi connectivity index (χ4v) is 4.69. The van der Waals surface area contributed by atoms with E-state index < -0.39 is 0 Å². The minimum absolute atomic E-state index is 0.585. The van der Waals surface area contributed by atoms with Crippen molar-refractivity contribution in [3.8, 4) is 0 Å². The van der Waals surface area contributed by atoms with Crippen LogP contribution >= 0.6 is 0 Å². The molecule has 1 heterocycles. The van der Waals surface area contributed by atoms with Gasteiger partial charge < -0.3 is 4.74 Å². The lowest BCUT2D eigenvalue weighted by Gasteiger charge is -2.26. The summed E-state index contributed by atoms with van der Waals surface area (Å²) >= 11 is 0. The monoisotopic (exact) mass is 285 g/mol. The molecule has 2 heteroatoms. The average Bonchev–Trinajstić information content (AvgIpc) is 2.85. The number of piperidine rings is 1. The predicted molar refractivity (Wildman–Crippen MR) is 85.0 cm³/mol.